The highest BCUT2D eigenvalue weighted by molar-refractivity contribution is 6.06. The van der Waals surface area contributed by atoms with Crippen molar-refractivity contribution >= 4 is 11.5 Å². The van der Waals surface area contributed by atoms with Gasteiger partial charge in [0.1, 0.15) is 5.82 Å². The number of fused-ring (bicyclic) bond motifs is 2. The third-order valence-corrected chi connectivity index (χ3v) is 9.03. The summed E-state index contributed by atoms with van der Waals surface area (Å²) >= 11 is 0. The predicted octanol–water partition coefficient (Wildman–Crippen LogP) is 5.84. The molecular formula is C30H35N5. The van der Waals surface area contributed by atoms with Gasteiger partial charge in [0.05, 0.1) is 0 Å². The first kappa shape index (κ1) is 22.4. The van der Waals surface area contributed by atoms with Crippen LogP contribution < -0.4 is 11.5 Å². The van der Waals surface area contributed by atoms with E-state index >= 15 is 0 Å². The third-order valence-electron chi connectivity index (χ3n) is 9.03. The number of anilines is 1. The normalized spacial score (nSPS) is 27.7. The number of pyridine rings is 2. The number of aryl methyl sites for hydroxylation is 1. The minimum Gasteiger partial charge on any atom is -0.383 e. The highest BCUT2D eigenvalue weighted by atomic mass is 14.9. The average molecular weight is 466 g/mol. The van der Waals surface area contributed by atoms with E-state index in [1.807, 2.05) is 18.3 Å². The van der Waals surface area contributed by atoms with Crippen LogP contribution in [0, 0.1) is 10.8 Å². The molecule has 3 aliphatic carbocycles. The van der Waals surface area contributed by atoms with E-state index in [0.717, 1.165) is 74.7 Å². The van der Waals surface area contributed by atoms with Crippen molar-refractivity contribution in [1.82, 2.24) is 9.97 Å². The van der Waals surface area contributed by atoms with E-state index in [0.29, 0.717) is 17.4 Å². The van der Waals surface area contributed by atoms with Crippen molar-refractivity contribution in [3.8, 4) is 0 Å². The van der Waals surface area contributed by atoms with Crippen molar-refractivity contribution in [3.05, 3.63) is 88.4 Å². The van der Waals surface area contributed by atoms with E-state index in [-0.39, 0.29) is 17.4 Å². The van der Waals surface area contributed by atoms with Gasteiger partial charge in [0.2, 0.25) is 0 Å². The number of hydrogen-bond acceptors (Lipinski definition) is 5. The smallest absolute Gasteiger partial charge is 0.132 e. The molecule has 1 spiro atoms. The Bertz CT molecular complexity index is 1260. The Morgan fingerprint density at radius 3 is 2.54 bits per heavy atom. The van der Waals surface area contributed by atoms with Gasteiger partial charge in [-0.1, -0.05) is 36.8 Å². The van der Waals surface area contributed by atoms with Crippen LogP contribution in [0.25, 0.3) is 0 Å². The molecule has 0 saturated heterocycles. The topological polar surface area (TPSA) is 102 Å². The van der Waals surface area contributed by atoms with E-state index in [1.54, 1.807) is 0 Å². The number of aromatic nitrogens is 2. The summed E-state index contributed by atoms with van der Waals surface area (Å²) < 4.78 is 0. The molecule has 1 saturated carbocycles. The number of nitrogens with two attached hydrogens (primary N) is 2. The fourth-order valence-electron chi connectivity index (χ4n) is 7.00. The van der Waals surface area contributed by atoms with Gasteiger partial charge in [0, 0.05) is 46.7 Å². The first-order valence-electron chi connectivity index (χ1n) is 13.2. The van der Waals surface area contributed by atoms with Gasteiger partial charge in [-0.25, -0.2) is 4.98 Å². The number of nitrogen functional groups attached to an aromatic ring is 1. The molecule has 6 rings (SSSR count). The Kier molecular flexibility index (Phi) is 5.68. The molecule has 180 valence electrons. The molecule has 1 aromatic carbocycles. The number of rotatable bonds is 3. The van der Waals surface area contributed by atoms with Gasteiger partial charge in [-0.3, -0.25) is 4.98 Å². The minimum absolute atomic E-state index is 0.0381. The highest BCUT2D eigenvalue weighted by Crippen LogP contribution is 2.55. The van der Waals surface area contributed by atoms with Gasteiger partial charge in [0.15, 0.2) is 0 Å². The Hall–Kier alpha value is -3.05. The van der Waals surface area contributed by atoms with Crippen LogP contribution >= 0.6 is 0 Å². The molecule has 0 aliphatic heterocycles. The van der Waals surface area contributed by atoms with E-state index in [4.69, 9.17) is 21.9 Å². The van der Waals surface area contributed by atoms with Crippen LogP contribution in [0.3, 0.4) is 0 Å². The summed E-state index contributed by atoms with van der Waals surface area (Å²) in [6.45, 7) is 0. The summed E-state index contributed by atoms with van der Waals surface area (Å²) in [6.07, 6.45) is 11.6. The van der Waals surface area contributed by atoms with Gasteiger partial charge in [-0.15, -0.1) is 0 Å². The molecule has 1 fully saturated rings. The Balaban J connectivity index is 1.19. The van der Waals surface area contributed by atoms with Crippen molar-refractivity contribution in [2.45, 2.75) is 75.7 Å². The Labute approximate surface area is 207 Å². The SMILES string of the molecule is N=C(c1ccc([C@H]2CC[C@]3(CC2)Cc2ccccc2[C@H]3N)nc1N)C1CCCCc2ncccc21. The summed E-state index contributed by atoms with van der Waals surface area (Å²) in [5.74, 6) is 0.938. The van der Waals surface area contributed by atoms with Gasteiger partial charge in [-0.2, -0.15) is 0 Å². The number of nitrogens with one attached hydrogen (secondary N) is 1. The number of benzene rings is 1. The minimum atomic E-state index is 0.0381. The molecule has 2 aromatic heterocycles. The van der Waals surface area contributed by atoms with Crippen LogP contribution in [0.5, 0.6) is 0 Å². The third kappa shape index (κ3) is 3.86. The standard InChI is InChI=1S/C30H35N5/c31-27(23-8-3-4-10-26-22(23)9-5-17-34-26)24-11-12-25(35-29(24)33)19-13-15-30(16-14-19)18-20-6-1-2-7-21(20)28(30)32/h1-2,5-7,9,11-12,17,19,23,28,31H,3-4,8,10,13-16,18,32H2,(H2,33,35)/t19-,23?,28-,30-/m1/s1. The second-order valence-electron chi connectivity index (χ2n) is 10.9. The lowest BCUT2D eigenvalue weighted by Crippen LogP contribution is -2.35. The molecule has 3 aliphatic rings. The average Bonchev–Trinajstić information content (AvgIpc) is 3.02. The van der Waals surface area contributed by atoms with Crippen LogP contribution in [0.15, 0.2) is 54.7 Å². The molecule has 2 heterocycles. The lowest BCUT2D eigenvalue weighted by Gasteiger charge is -2.40. The van der Waals surface area contributed by atoms with Crippen LogP contribution in [-0.4, -0.2) is 15.7 Å². The fraction of sp³-hybridized carbons (Fsp3) is 0.433. The molecule has 2 atom stereocenters. The van der Waals surface area contributed by atoms with Gasteiger partial charge >= 0.3 is 0 Å². The fourth-order valence-corrected chi connectivity index (χ4v) is 7.00. The summed E-state index contributed by atoms with van der Waals surface area (Å²) in [5.41, 5.74) is 21.0. The quantitative estimate of drug-likeness (QED) is 0.334. The maximum absolute atomic E-state index is 9.04. The van der Waals surface area contributed by atoms with Crippen molar-refractivity contribution < 1.29 is 0 Å². The molecule has 3 aromatic rings. The summed E-state index contributed by atoms with van der Waals surface area (Å²) in [6, 6.07) is 17.1. The maximum Gasteiger partial charge on any atom is 0.132 e. The van der Waals surface area contributed by atoms with Crippen molar-refractivity contribution in [2.75, 3.05) is 5.73 Å². The summed E-state index contributed by atoms with van der Waals surface area (Å²) in [5, 5.41) is 9.04. The molecule has 5 heteroatoms. The van der Waals surface area contributed by atoms with Crippen molar-refractivity contribution in [3.63, 3.8) is 0 Å². The summed E-state index contributed by atoms with van der Waals surface area (Å²) in [4.78, 5) is 9.46. The molecule has 0 radical (unpaired) electrons. The zero-order chi connectivity index (χ0) is 24.0. The predicted molar refractivity (Wildman–Crippen MR) is 141 cm³/mol. The first-order chi connectivity index (χ1) is 17.1. The molecule has 35 heavy (non-hydrogen) atoms. The van der Waals surface area contributed by atoms with Gasteiger partial charge < -0.3 is 16.9 Å². The van der Waals surface area contributed by atoms with E-state index in [1.165, 1.54) is 16.7 Å². The van der Waals surface area contributed by atoms with Crippen molar-refractivity contribution in [1.29, 1.82) is 5.41 Å². The number of nitrogens with zero attached hydrogens (tertiary/aromatic N) is 2. The molecule has 5 nitrogen and oxygen atoms in total. The van der Waals surface area contributed by atoms with Gasteiger partial charge in [-0.05, 0) is 91.7 Å². The Morgan fingerprint density at radius 2 is 1.74 bits per heavy atom. The second kappa shape index (κ2) is 8.87. The van der Waals surface area contributed by atoms with E-state index in [9.17, 15) is 0 Å². The summed E-state index contributed by atoms with van der Waals surface area (Å²) in [7, 11) is 0. The molecule has 0 bridgehead atoms. The van der Waals surface area contributed by atoms with E-state index < -0.39 is 0 Å². The second-order valence-corrected chi connectivity index (χ2v) is 10.9. The monoisotopic (exact) mass is 465 g/mol. The largest absolute Gasteiger partial charge is 0.383 e. The van der Waals surface area contributed by atoms with Crippen molar-refractivity contribution in [2.24, 2.45) is 11.1 Å². The molecule has 5 N–H and O–H groups in total. The lowest BCUT2D eigenvalue weighted by atomic mass is 9.66. The van der Waals surface area contributed by atoms with Gasteiger partial charge in [0.25, 0.3) is 0 Å². The molecule has 1 unspecified atom stereocenters. The number of hydrogen-bond donors (Lipinski definition) is 3. The van der Waals surface area contributed by atoms with Crippen LogP contribution in [0.4, 0.5) is 5.82 Å². The lowest BCUT2D eigenvalue weighted by molar-refractivity contribution is 0.148. The first-order valence-corrected chi connectivity index (χ1v) is 13.2. The zero-order valence-electron chi connectivity index (χ0n) is 20.3. The van der Waals surface area contributed by atoms with Crippen LogP contribution in [-0.2, 0) is 12.8 Å². The molecular weight excluding hydrogens is 430 g/mol. The van der Waals surface area contributed by atoms with Crippen LogP contribution in [0.2, 0.25) is 0 Å². The highest BCUT2D eigenvalue weighted by Gasteiger charge is 2.46. The van der Waals surface area contributed by atoms with E-state index in [2.05, 4.69) is 41.4 Å². The van der Waals surface area contributed by atoms with Crippen LogP contribution in [0.1, 0.15) is 96.5 Å². The maximum atomic E-state index is 9.04. The Morgan fingerprint density at radius 1 is 0.943 bits per heavy atom. The zero-order valence-corrected chi connectivity index (χ0v) is 20.3. The molecule has 0 amide bonds.